The molecule has 1 atom stereocenters. The number of aliphatic imine (C=N–C) groups is 1. The predicted molar refractivity (Wildman–Crippen MR) is 85.1 cm³/mol. The number of alkyl carbamates (subject to hydrolysis) is 1. The molecule has 6 heteroatoms. The number of amides is 1. The van der Waals surface area contributed by atoms with Gasteiger partial charge in [0, 0.05) is 12.0 Å². The summed E-state index contributed by atoms with van der Waals surface area (Å²) >= 11 is 1.66. The molecule has 1 aliphatic carbocycles. The van der Waals surface area contributed by atoms with E-state index in [1.165, 1.54) is 0 Å². The second-order valence-electron chi connectivity index (χ2n) is 5.56. The van der Waals surface area contributed by atoms with Gasteiger partial charge in [0.05, 0.1) is 11.1 Å². The fraction of sp³-hybridized carbons (Fsp3) is 0.857. The largest absolute Gasteiger partial charge is 0.447 e. The molecule has 5 nitrogen and oxygen atoms in total. The van der Waals surface area contributed by atoms with Crippen LogP contribution in [0.2, 0.25) is 0 Å². The Morgan fingerprint density at radius 3 is 2.40 bits per heavy atom. The van der Waals surface area contributed by atoms with Gasteiger partial charge in [-0.05, 0) is 52.7 Å². The Morgan fingerprint density at radius 1 is 1.30 bits per heavy atom. The van der Waals surface area contributed by atoms with Crippen molar-refractivity contribution in [1.29, 1.82) is 0 Å². The Labute approximate surface area is 126 Å². The lowest BCUT2D eigenvalue weighted by atomic mass is 9.87. The molecule has 0 spiro atoms. The van der Waals surface area contributed by atoms with Crippen LogP contribution in [0.25, 0.3) is 0 Å². The lowest BCUT2D eigenvalue weighted by molar-refractivity contribution is 0.113. The van der Waals surface area contributed by atoms with Crippen molar-refractivity contribution in [3.05, 3.63) is 0 Å². The van der Waals surface area contributed by atoms with E-state index in [0.29, 0.717) is 12.0 Å². The van der Waals surface area contributed by atoms with E-state index in [4.69, 9.17) is 10.5 Å². The zero-order valence-corrected chi connectivity index (χ0v) is 13.7. The number of nitrogens with zero attached hydrogens (tertiary/aromatic N) is 1. The topological polar surface area (TPSA) is 76.7 Å². The van der Waals surface area contributed by atoms with Crippen LogP contribution in [0.3, 0.4) is 0 Å². The number of rotatable bonds is 4. The SMILES string of the molecule is CSC(=NC(C)NC(=O)OC(C)C)C1CCC(N)CC1. The summed E-state index contributed by atoms with van der Waals surface area (Å²) in [5.41, 5.74) is 5.93. The molecule has 1 rings (SSSR count). The Bertz CT molecular complexity index is 339. The van der Waals surface area contributed by atoms with Gasteiger partial charge in [0.25, 0.3) is 0 Å². The molecule has 1 saturated carbocycles. The van der Waals surface area contributed by atoms with Gasteiger partial charge in [-0.25, -0.2) is 4.79 Å². The number of nitrogens with one attached hydrogen (secondary N) is 1. The molecule has 0 aromatic rings. The second kappa shape index (κ2) is 8.52. The Kier molecular flexibility index (Phi) is 7.37. The van der Waals surface area contributed by atoms with Gasteiger partial charge in [-0.2, -0.15) is 0 Å². The lowest BCUT2D eigenvalue weighted by Crippen LogP contribution is -2.35. The van der Waals surface area contributed by atoms with Crippen LogP contribution in [0.5, 0.6) is 0 Å². The fourth-order valence-electron chi connectivity index (χ4n) is 2.33. The minimum Gasteiger partial charge on any atom is -0.447 e. The maximum absolute atomic E-state index is 11.5. The minimum atomic E-state index is -0.414. The van der Waals surface area contributed by atoms with E-state index in [1.807, 2.05) is 27.0 Å². The maximum atomic E-state index is 11.5. The van der Waals surface area contributed by atoms with E-state index >= 15 is 0 Å². The van der Waals surface area contributed by atoms with E-state index in [9.17, 15) is 4.79 Å². The summed E-state index contributed by atoms with van der Waals surface area (Å²) < 4.78 is 5.05. The van der Waals surface area contributed by atoms with Crippen LogP contribution in [0.4, 0.5) is 4.79 Å². The maximum Gasteiger partial charge on any atom is 0.409 e. The van der Waals surface area contributed by atoms with Crippen molar-refractivity contribution in [2.24, 2.45) is 16.6 Å². The van der Waals surface area contributed by atoms with E-state index in [1.54, 1.807) is 11.8 Å². The first kappa shape index (κ1) is 17.3. The van der Waals surface area contributed by atoms with Crippen LogP contribution in [0, 0.1) is 5.92 Å². The Hall–Kier alpha value is -0.750. The summed E-state index contributed by atoms with van der Waals surface area (Å²) in [4.78, 5) is 16.1. The molecule has 0 bridgehead atoms. The summed E-state index contributed by atoms with van der Waals surface area (Å²) in [5.74, 6) is 0.482. The monoisotopic (exact) mass is 301 g/mol. The first-order valence-corrected chi connectivity index (χ1v) is 8.49. The third-order valence-electron chi connectivity index (χ3n) is 3.32. The predicted octanol–water partition coefficient (Wildman–Crippen LogP) is 2.75. The van der Waals surface area contributed by atoms with Crippen molar-refractivity contribution in [2.45, 2.75) is 64.8 Å². The summed E-state index contributed by atoms with van der Waals surface area (Å²) in [6.45, 7) is 5.52. The molecular formula is C14H27N3O2S. The van der Waals surface area contributed by atoms with Crippen molar-refractivity contribution >= 4 is 22.9 Å². The zero-order chi connectivity index (χ0) is 15.1. The van der Waals surface area contributed by atoms with Gasteiger partial charge in [0.15, 0.2) is 0 Å². The van der Waals surface area contributed by atoms with E-state index in [-0.39, 0.29) is 12.3 Å². The molecule has 0 aromatic heterocycles. The van der Waals surface area contributed by atoms with Crippen LogP contribution in [0.15, 0.2) is 4.99 Å². The van der Waals surface area contributed by atoms with Crippen molar-refractivity contribution in [3.8, 4) is 0 Å². The Morgan fingerprint density at radius 2 is 1.90 bits per heavy atom. The molecule has 0 aliphatic heterocycles. The van der Waals surface area contributed by atoms with Gasteiger partial charge < -0.3 is 10.5 Å². The highest BCUT2D eigenvalue weighted by Gasteiger charge is 2.23. The average Bonchev–Trinajstić information content (AvgIpc) is 2.36. The number of nitrogens with two attached hydrogens (primary N) is 1. The molecule has 0 heterocycles. The summed E-state index contributed by atoms with van der Waals surface area (Å²) in [6, 6.07) is 0.339. The molecule has 0 saturated heterocycles. The number of carbonyl (C=O) groups excluding carboxylic acids is 1. The number of carbonyl (C=O) groups is 1. The van der Waals surface area contributed by atoms with Crippen molar-refractivity contribution < 1.29 is 9.53 Å². The number of ether oxygens (including phenoxy) is 1. The van der Waals surface area contributed by atoms with Gasteiger partial charge in [-0.3, -0.25) is 10.3 Å². The highest BCUT2D eigenvalue weighted by molar-refractivity contribution is 8.13. The minimum absolute atomic E-state index is 0.119. The van der Waals surface area contributed by atoms with Crippen LogP contribution < -0.4 is 11.1 Å². The average molecular weight is 301 g/mol. The molecule has 1 aliphatic rings. The molecule has 1 amide bonds. The highest BCUT2D eigenvalue weighted by atomic mass is 32.2. The number of hydrogen-bond donors (Lipinski definition) is 2. The zero-order valence-electron chi connectivity index (χ0n) is 12.9. The lowest BCUT2D eigenvalue weighted by Gasteiger charge is -2.27. The van der Waals surface area contributed by atoms with E-state index in [2.05, 4.69) is 10.3 Å². The van der Waals surface area contributed by atoms with Crippen LogP contribution in [0.1, 0.15) is 46.5 Å². The van der Waals surface area contributed by atoms with Crippen molar-refractivity contribution in [3.63, 3.8) is 0 Å². The first-order chi connectivity index (χ1) is 9.42. The molecule has 3 N–H and O–H groups in total. The van der Waals surface area contributed by atoms with Crippen LogP contribution in [-0.2, 0) is 4.74 Å². The van der Waals surface area contributed by atoms with Gasteiger partial charge in [-0.15, -0.1) is 11.8 Å². The number of hydrogen-bond acceptors (Lipinski definition) is 5. The van der Waals surface area contributed by atoms with Crippen LogP contribution in [-0.4, -0.2) is 35.7 Å². The summed E-state index contributed by atoms with van der Waals surface area (Å²) in [7, 11) is 0. The second-order valence-corrected chi connectivity index (χ2v) is 6.38. The molecular weight excluding hydrogens is 274 g/mol. The smallest absolute Gasteiger partial charge is 0.409 e. The highest BCUT2D eigenvalue weighted by Crippen LogP contribution is 2.28. The third kappa shape index (κ3) is 6.13. The third-order valence-corrected chi connectivity index (χ3v) is 4.18. The fourth-order valence-corrected chi connectivity index (χ4v) is 3.17. The van der Waals surface area contributed by atoms with Gasteiger partial charge in [0.2, 0.25) is 0 Å². The molecule has 116 valence electrons. The van der Waals surface area contributed by atoms with E-state index in [0.717, 1.165) is 30.7 Å². The summed E-state index contributed by atoms with van der Waals surface area (Å²) in [5, 5.41) is 3.84. The number of thioether (sulfide) groups is 1. The molecule has 1 fully saturated rings. The van der Waals surface area contributed by atoms with Crippen LogP contribution >= 0.6 is 11.8 Å². The normalized spacial score (nSPS) is 25.4. The molecule has 0 radical (unpaired) electrons. The molecule has 1 unspecified atom stereocenters. The molecule has 20 heavy (non-hydrogen) atoms. The van der Waals surface area contributed by atoms with Crippen molar-refractivity contribution in [2.75, 3.05) is 6.26 Å². The van der Waals surface area contributed by atoms with E-state index < -0.39 is 6.09 Å². The van der Waals surface area contributed by atoms with Gasteiger partial charge in [0.1, 0.15) is 6.17 Å². The summed E-state index contributed by atoms with van der Waals surface area (Å²) in [6.07, 6.45) is 5.52. The molecule has 0 aromatic carbocycles. The Balaban J connectivity index is 2.52. The quantitative estimate of drug-likeness (QED) is 0.618. The van der Waals surface area contributed by atoms with Gasteiger partial charge >= 0.3 is 6.09 Å². The standard InChI is InChI=1S/C14H27N3O2S/c1-9(2)19-14(18)17-10(3)16-13(20-4)11-5-7-12(15)8-6-11/h9-12H,5-8,15H2,1-4H3,(H,17,18). The first-order valence-electron chi connectivity index (χ1n) is 7.26. The van der Waals surface area contributed by atoms with Crippen molar-refractivity contribution in [1.82, 2.24) is 5.32 Å². The van der Waals surface area contributed by atoms with Gasteiger partial charge in [-0.1, -0.05) is 0 Å².